The third-order valence-electron chi connectivity index (χ3n) is 5.18. The molecular formula is C20H31N5. The Morgan fingerprint density at radius 2 is 2.12 bits per heavy atom. The minimum absolute atomic E-state index is 0.648. The Bertz CT molecular complexity index is 690. The zero-order valence-corrected chi connectivity index (χ0v) is 15.5. The van der Waals surface area contributed by atoms with Crippen LogP contribution in [0.5, 0.6) is 0 Å². The average molecular weight is 342 g/mol. The molecule has 0 bridgehead atoms. The zero-order valence-electron chi connectivity index (χ0n) is 15.5. The summed E-state index contributed by atoms with van der Waals surface area (Å²) in [5.74, 6) is 0.917. The van der Waals surface area contributed by atoms with E-state index < -0.39 is 0 Å². The Balaban J connectivity index is 1.40. The van der Waals surface area contributed by atoms with Crippen LogP contribution in [0.2, 0.25) is 0 Å². The molecule has 5 heteroatoms. The topological polar surface area (TPSA) is 44.6 Å². The lowest BCUT2D eigenvalue weighted by molar-refractivity contribution is 0.267. The van der Waals surface area contributed by atoms with Crippen molar-refractivity contribution in [2.24, 2.45) is 4.99 Å². The van der Waals surface area contributed by atoms with Crippen LogP contribution in [0.15, 0.2) is 41.5 Å². The van der Waals surface area contributed by atoms with Crippen LogP contribution < -0.4 is 10.6 Å². The fourth-order valence-electron chi connectivity index (χ4n) is 3.77. The minimum Gasteiger partial charge on any atom is -0.356 e. The number of aryl methyl sites for hydroxylation is 1. The molecule has 3 rings (SSSR count). The highest BCUT2D eigenvalue weighted by molar-refractivity contribution is 5.80. The maximum atomic E-state index is 4.35. The maximum Gasteiger partial charge on any atom is 0.191 e. The molecule has 1 fully saturated rings. The third-order valence-corrected chi connectivity index (χ3v) is 5.18. The lowest BCUT2D eigenvalue weighted by Gasteiger charge is -2.24. The quantitative estimate of drug-likeness (QED) is 0.462. The van der Waals surface area contributed by atoms with E-state index in [1.54, 1.807) is 0 Å². The normalized spacial score (nSPS) is 18.8. The van der Waals surface area contributed by atoms with Gasteiger partial charge in [-0.2, -0.15) is 0 Å². The van der Waals surface area contributed by atoms with Gasteiger partial charge in [0.15, 0.2) is 5.96 Å². The first kappa shape index (κ1) is 17.8. The number of nitrogens with zero attached hydrogens (tertiary/aromatic N) is 3. The summed E-state index contributed by atoms with van der Waals surface area (Å²) in [7, 11) is 1.85. The second-order valence-corrected chi connectivity index (χ2v) is 6.73. The van der Waals surface area contributed by atoms with Gasteiger partial charge in [-0.15, -0.1) is 0 Å². The molecule has 1 unspecified atom stereocenters. The van der Waals surface area contributed by atoms with E-state index >= 15 is 0 Å². The van der Waals surface area contributed by atoms with Crippen molar-refractivity contribution >= 4 is 16.9 Å². The number of hydrogen-bond acceptors (Lipinski definition) is 2. The Morgan fingerprint density at radius 3 is 2.96 bits per heavy atom. The molecule has 0 saturated carbocycles. The number of para-hydroxylation sites is 1. The maximum absolute atomic E-state index is 4.35. The van der Waals surface area contributed by atoms with Gasteiger partial charge in [-0.25, -0.2) is 0 Å². The van der Waals surface area contributed by atoms with Gasteiger partial charge < -0.3 is 15.2 Å². The summed E-state index contributed by atoms with van der Waals surface area (Å²) in [4.78, 5) is 6.91. The molecule has 1 saturated heterocycles. The number of aliphatic imine (C=N–C) groups is 1. The van der Waals surface area contributed by atoms with Gasteiger partial charge in [0.05, 0.1) is 0 Å². The standard InChI is InChI=1S/C20H31N5/c1-3-24-13-6-9-18(24)16-23-20(21-2)22-12-7-14-25-15-11-17-8-4-5-10-19(17)25/h4-5,8,10-11,15,18H,3,6-7,9,12-14,16H2,1-2H3,(H2,21,22,23). The fourth-order valence-corrected chi connectivity index (χ4v) is 3.77. The Labute approximate surface area is 151 Å². The SMILES string of the molecule is CCN1CCCC1CNC(=NC)NCCCn1ccc2ccccc21. The Kier molecular flexibility index (Phi) is 6.34. The van der Waals surface area contributed by atoms with Gasteiger partial charge >= 0.3 is 0 Å². The van der Waals surface area contributed by atoms with Crippen molar-refractivity contribution in [3.05, 3.63) is 36.5 Å². The van der Waals surface area contributed by atoms with E-state index in [0.29, 0.717) is 6.04 Å². The van der Waals surface area contributed by atoms with E-state index in [4.69, 9.17) is 0 Å². The number of guanidine groups is 1. The molecule has 1 atom stereocenters. The van der Waals surface area contributed by atoms with Gasteiger partial charge in [0.25, 0.3) is 0 Å². The molecule has 2 heterocycles. The van der Waals surface area contributed by atoms with Crippen molar-refractivity contribution in [2.45, 2.75) is 38.8 Å². The number of fused-ring (bicyclic) bond motifs is 1. The highest BCUT2D eigenvalue weighted by Crippen LogP contribution is 2.16. The van der Waals surface area contributed by atoms with Crippen LogP contribution in [0.4, 0.5) is 0 Å². The molecule has 1 aliphatic heterocycles. The first-order chi connectivity index (χ1) is 12.3. The van der Waals surface area contributed by atoms with Gasteiger partial charge in [-0.1, -0.05) is 25.1 Å². The summed E-state index contributed by atoms with van der Waals surface area (Å²) in [6.07, 6.45) is 5.86. The molecule has 0 aliphatic carbocycles. The zero-order chi connectivity index (χ0) is 17.5. The van der Waals surface area contributed by atoms with E-state index in [0.717, 1.165) is 38.6 Å². The Morgan fingerprint density at radius 1 is 1.24 bits per heavy atom. The number of aromatic nitrogens is 1. The largest absolute Gasteiger partial charge is 0.356 e. The summed E-state index contributed by atoms with van der Waals surface area (Å²) >= 11 is 0. The van der Waals surface area contributed by atoms with Crippen LogP contribution in [-0.2, 0) is 6.54 Å². The van der Waals surface area contributed by atoms with E-state index in [1.807, 2.05) is 7.05 Å². The number of benzene rings is 1. The average Bonchev–Trinajstić information content (AvgIpc) is 3.27. The van der Waals surface area contributed by atoms with Crippen LogP contribution in [0.1, 0.15) is 26.2 Å². The van der Waals surface area contributed by atoms with Crippen molar-refractivity contribution in [2.75, 3.05) is 33.2 Å². The molecule has 0 radical (unpaired) electrons. The summed E-state index contributed by atoms with van der Waals surface area (Å²) < 4.78 is 2.32. The van der Waals surface area contributed by atoms with Crippen LogP contribution in [-0.4, -0.2) is 54.7 Å². The van der Waals surface area contributed by atoms with Gasteiger partial charge in [-0.05, 0) is 49.9 Å². The lowest BCUT2D eigenvalue weighted by atomic mass is 10.2. The van der Waals surface area contributed by atoms with E-state index in [2.05, 4.69) is 68.5 Å². The highest BCUT2D eigenvalue weighted by atomic mass is 15.2. The van der Waals surface area contributed by atoms with Crippen molar-refractivity contribution < 1.29 is 0 Å². The van der Waals surface area contributed by atoms with Crippen molar-refractivity contribution in [3.63, 3.8) is 0 Å². The summed E-state index contributed by atoms with van der Waals surface area (Å²) in [6.45, 7) is 7.55. The molecule has 1 aromatic carbocycles. The molecule has 1 aliphatic rings. The predicted molar refractivity (Wildman–Crippen MR) is 106 cm³/mol. The number of hydrogen-bond donors (Lipinski definition) is 2. The summed E-state index contributed by atoms with van der Waals surface area (Å²) in [5.41, 5.74) is 1.31. The van der Waals surface area contributed by atoms with Gasteiger partial charge in [0.1, 0.15) is 0 Å². The highest BCUT2D eigenvalue weighted by Gasteiger charge is 2.22. The van der Waals surface area contributed by atoms with Crippen molar-refractivity contribution in [1.29, 1.82) is 0 Å². The van der Waals surface area contributed by atoms with Crippen LogP contribution >= 0.6 is 0 Å². The van der Waals surface area contributed by atoms with Crippen molar-refractivity contribution in [1.82, 2.24) is 20.1 Å². The van der Waals surface area contributed by atoms with Crippen LogP contribution in [0.25, 0.3) is 10.9 Å². The molecular weight excluding hydrogens is 310 g/mol. The summed E-state index contributed by atoms with van der Waals surface area (Å²) in [5, 5.41) is 8.24. The minimum atomic E-state index is 0.648. The smallest absolute Gasteiger partial charge is 0.191 e. The monoisotopic (exact) mass is 341 g/mol. The molecule has 2 N–H and O–H groups in total. The number of rotatable bonds is 7. The van der Waals surface area contributed by atoms with Crippen LogP contribution in [0, 0.1) is 0 Å². The number of likely N-dealkylation sites (N-methyl/N-ethyl adjacent to an activating group) is 1. The van der Waals surface area contributed by atoms with E-state index in [-0.39, 0.29) is 0 Å². The number of nitrogens with one attached hydrogen (secondary N) is 2. The van der Waals surface area contributed by atoms with Gasteiger partial charge in [0, 0.05) is 44.4 Å². The van der Waals surface area contributed by atoms with E-state index in [9.17, 15) is 0 Å². The first-order valence-electron chi connectivity index (χ1n) is 9.54. The summed E-state index contributed by atoms with van der Waals surface area (Å²) in [6, 6.07) is 11.4. The first-order valence-corrected chi connectivity index (χ1v) is 9.54. The molecule has 136 valence electrons. The van der Waals surface area contributed by atoms with Gasteiger partial charge in [0.2, 0.25) is 0 Å². The molecule has 0 amide bonds. The fraction of sp³-hybridized carbons (Fsp3) is 0.550. The molecule has 5 nitrogen and oxygen atoms in total. The van der Waals surface area contributed by atoms with Crippen LogP contribution in [0.3, 0.4) is 0 Å². The molecule has 25 heavy (non-hydrogen) atoms. The number of likely N-dealkylation sites (tertiary alicyclic amines) is 1. The second kappa shape index (κ2) is 8.90. The molecule has 0 spiro atoms. The Hall–Kier alpha value is -2.01. The molecule has 2 aromatic rings. The third kappa shape index (κ3) is 4.54. The van der Waals surface area contributed by atoms with Crippen molar-refractivity contribution in [3.8, 4) is 0 Å². The van der Waals surface area contributed by atoms with E-state index in [1.165, 1.54) is 30.3 Å². The predicted octanol–water partition coefficient (Wildman–Crippen LogP) is 2.68. The molecule has 1 aromatic heterocycles. The lowest BCUT2D eigenvalue weighted by Crippen LogP contribution is -2.45. The van der Waals surface area contributed by atoms with Gasteiger partial charge in [-0.3, -0.25) is 9.89 Å². The second-order valence-electron chi connectivity index (χ2n) is 6.73.